The maximum Gasteiger partial charge on any atom is 0.274 e. The lowest BCUT2D eigenvalue weighted by atomic mass is 9.99. The number of carbonyl (C=O) groups excluding carboxylic acids is 1. The standard InChI is InChI=1S/C26H25ClN4O4S/c1-4-30-23(25(28)32)20-13-31(17-8-6-16(27)7-9-17)21-10-5-15(14-36(3,34)35)11-18(21)19-12-29(2)26(33)24(30)22(19)20/h5-12H,4,13-14H2,1-3H3,(H2,28,32). The summed E-state index contributed by atoms with van der Waals surface area (Å²) in [7, 11) is -1.61. The fourth-order valence-electron chi connectivity index (χ4n) is 5.15. The molecular weight excluding hydrogens is 500 g/mol. The minimum absolute atomic E-state index is 0.120. The second kappa shape index (κ2) is 8.53. The van der Waals surface area contributed by atoms with Crippen LogP contribution in [-0.2, 0) is 35.7 Å². The molecule has 0 spiro atoms. The lowest BCUT2D eigenvalue weighted by Gasteiger charge is -2.26. The van der Waals surface area contributed by atoms with Gasteiger partial charge >= 0.3 is 0 Å². The number of hydrogen-bond acceptors (Lipinski definition) is 5. The van der Waals surface area contributed by atoms with Gasteiger partial charge in [-0.2, -0.15) is 0 Å². The summed E-state index contributed by atoms with van der Waals surface area (Å²) in [5, 5.41) is 1.24. The second-order valence-electron chi connectivity index (χ2n) is 9.10. The summed E-state index contributed by atoms with van der Waals surface area (Å²) in [6.45, 7) is 2.53. The number of hydrogen-bond donors (Lipinski definition) is 1. The molecule has 1 aliphatic heterocycles. The van der Waals surface area contributed by atoms with Crippen LogP contribution in [0.3, 0.4) is 0 Å². The van der Waals surface area contributed by atoms with Gasteiger partial charge in [0.2, 0.25) is 0 Å². The molecule has 8 nitrogen and oxygen atoms in total. The third kappa shape index (κ3) is 3.88. The topological polar surface area (TPSA) is 107 Å². The van der Waals surface area contributed by atoms with Crippen molar-refractivity contribution >= 4 is 49.6 Å². The molecule has 0 fully saturated rings. The number of nitrogens with zero attached hydrogens (tertiary/aromatic N) is 3. The number of benzene rings is 2. The number of amides is 1. The molecule has 0 bridgehead atoms. The Bertz CT molecular complexity index is 1720. The van der Waals surface area contributed by atoms with Crippen LogP contribution in [0.4, 0.5) is 11.4 Å². The first-order valence-corrected chi connectivity index (χ1v) is 13.8. The molecule has 2 aromatic heterocycles. The molecule has 0 unspecified atom stereocenters. The maximum atomic E-state index is 13.3. The van der Waals surface area contributed by atoms with E-state index in [1.54, 1.807) is 36.0 Å². The van der Waals surface area contributed by atoms with E-state index in [1.807, 2.05) is 36.1 Å². The fraction of sp³-hybridized carbons (Fsp3) is 0.231. The highest BCUT2D eigenvalue weighted by Gasteiger charge is 2.31. The van der Waals surface area contributed by atoms with Crippen molar-refractivity contribution in [2.24, 2.45) is 12.8 Å². The summed E-state index contributed by atoms with van der Waals surface area (Å²) >= 11 is 6.15. The fourth-order valence-corrected chi connectivity index (χ4v) is 6.06. The van der Waals surface area contributed by atoms with E-state index < -0.39 is 15.7 Å². The van der Waals surface area contributed by atoms with Crippen molar-refractivity contribution in [1.29, 1.82) is 0 Å². The molecule has 5 rings (SSSR count). The third-order valence-electron chi connectivity index (χ3n) is 6.55. The molecule has 1 amide bonds. The predicted molar refractivity (Wildman–Crippen MR) is 143 cm³/mol. The minimum atomic E-state index is -3.28. The van der Waals surface area contributed by atoms with E-state index in [0.29, 0.717) is 39.3 Å². The summed E-state index contributed by atoms with van der Waals surface area (Å²) in [4.78, 5) is 28.1. The van der Waals surface area contributed by atoms with Crippen LogP contribution in [0.5, 0.6) is 0 Å². The van der Waals surface area contributed by atoms with E-state index in [-0.39, 0.29) is 17.9 Å². The summed E-state index contributed by atoms with van der Waals surface area (Å²) in [6, 6.07) is 12.8. The van der Waals surface area contributed by atoms with Crippen molar-refractivity contribution in [1.82, 2.24) is 9.13 Å². The zero-order valence-corrected chi connectivity index (χ0v) is 21.7. The quantitative estimate of drug-likeness (QED) is 0.425. The number of halogens is 1. The van der Waals surface area contributed by atoms with Crippen LogP contribution in [0.1, 0.15) is 28.5 Å². The molecule has 0 atom stereocenters. The lowest BCUT2D eigenvalue weighted by Crippen LogP contribution is -2.24. The molecule has 2 N–H and O–H groups in total. The second-order valence-corrected chi connectivity index (χ2v) is 11.7. The Morgan fingerprint density at radius 3 is 2.42 bits per heavy atom. The van der Waals surface area contributed by atoms with Gasteiger partial charge < -0.3 is 19.8 Å². The number of aryl methyl sites for hydroxylation is 2. The third-order valence-corrected chi connectivity index (χ3v) is 7.66. The lowest BCUT2D eigenvalue weighted by molar-refractivity contribution is 0.0991. The van der Waals surface area contributed by atoms with E-state index in [0.717, 1.165) is 22.5 Å². The van der Waals surface area contributed by atoms with E-state index in [4.69, 9.17) is 17.3 Å². The minimum Gasteiger partial charge on any atom is -0.364 e. The molecular formula is C26H25ClN4O4S. The first kappa shape index (κ1) is 24.1. The largest absolute Gasteiger partial charge is 0.364 e. The van der Waals surface area contributed by atoms with Gasteiger partial charge in [-0.05, 0) is 48.9 Å². The molecule has 0 saturated heterocycles. The van der Waals surface area contributed by atoms with E-state index in [2.05, 4.69) is 0 Å². The Kier molecular flexibility index (Phi) is 5.72. The van der Waals surface area contributed by atoms with Crippen molar-refractivity contribution in [3.63, 3.8) is 0 Å². The zero-order chi connectivity index (χ0) is 25.9. The molecule has 3 heterocycles. The molecule has 2 aromatic carbocycles. The van der Waals surface area contributed by atoms with Crippen molar-refractivity contribution in [2.45, 2.75) is 25.8 Å². The van der Waals surface area contributed by atoms with E-state index in [9.17, 15) is 18.0 Å². The summed E-state index contributed by atoms with van der Waals surface area (Å²) in [6.07, 6.45) is 2.94. The number of pyridine rings is 1. The van der Waals surface area contributed by atoms with Crippen LogP contribution in [0.15, 0.2) is 53.5 Å². The van der Waals surface area contributed by atoms with Gasteiger partial charge in [0.1, 0.15) is 11.2 Å². The van der Waals surface area contributed by atoms with Gasteiger partial charge in [-0.1, -0.05) is 17.7 Å². The molecule has 36 heavy (non-hydrogen) atoms. The Labute approximate surface area is 213 Å². The normalized spacial score (nSPS) is 13.1. The molecule has 186 valence electrons. The van der Waals surface area contributed by atoms with Gasteiger partial charge in [0.25, 0.3) is 11.5 Å². The van der Waals surface area contributed by atoms with Crippen LogP contribution >= 0.6 is 11.6 Å². The first-order chi connectivity index (χ1) is 17.0. The highest BCUT2D eigenvalue weighted by Crippen LogP contribution is 2.45. The Balaban J connectivity index is 1.94. The maximum absolute atomic E-state index is 13.3. The molecule has 1 aliphatic rings. The SMILES string of the molecule is CCn1c(C(N)=O)c2c3c(cn(C)c(=O)c31)-c1cc(CS(C)(=O)=O)ccc1N(c1ccc(Cl)cc1)C2. The zero-order valence-electron chi connectivity index (χ0n) is 20.1. The van der Waals surface area contributed by atoms with Crippen LogP contribution in [-0.4, -0.2) is 29.7 Å². The Hall–Kier alpha value is -3.56. The monoisotopic (exact) mass is 524 g/mol. The summed E-state index contributed by atoms with van der Waals surface area (Å²) in [5.74, 6) is -0.735. The van der Waals surface area contributed by atoms with Crippen molar-refractivity contribution in [2.75, 3.05) is 11.2 Å². The Morgan fingerprint density at radius 2 is 1.81 bits per heavy atom. The van der Waals surface area contributed by atoms with Crippen molar-refractivity contribution in [3.8, 4) is 11.1 Å². The van der Waals surface area contributed by atoms with Crippen LogP contribution in [0.25, 0.3) is 22.0 Å². The van der Waals surface area contributed by atoms with Crippen molar-refractivity contribution < 1.29 is 13.2 Å². The summed E-state index contributed by atoms with van der Waals surface area (Å²) in [5.41, 5.74) is 10.7. The van der Waals surface area contributed by atoms with Crippen LogP contribution in [0.2, 0.25) is 5.02 Å². The first-order valence-electron chi connectivity index (χ1n) is 11.4. The molecule has 0 aliphatic carbocycles. The highest BCUT2D eigenvalue weighted by atomic mass is 35.5. The molecule has 10 heteroatoms. The van der Waals surface area contributed by atoms with Gasteiger partial charge in [-0.3, -0.25) is 9.59 Å². The van der Waals surface area contributed by atoms with Crippen LogP contribution in [0, 0.1) is 0 Å². The molecule has 4 aromatic rings. The average molecular weight is 525 g/mol. The van der Waals surface area contributed by atoms with Gasteiger partial charge in [-0.25, -0.2) is 8.42 Å². The van der Waals surface area contributed by atoms with Crippen molar-refractivity contribution in [3.05, 3.63) is 80.9 Å². The van der Waals surface area contributed by atoms with Gasteiger partial charge in [0.15, 0.2) is 9.84 Å². The highest BCUT2D eigenvalue weighted by molar-refractivity contribution is 7.89. The molecule has 0 saturated carbocycles. The van der Waals surface area contributed by atoms with Crippen LogP contribution < -0.4 is 16.2 Å². The number of sulfone groups is 1. The van der Waals surface area contributed by atoms with E-state index in [1.165, 1.54) is 10.8 Å². The number of rotatable bonds is 5. The number of nitrogens with two attached hydrogens (primary N) is 1. The molecule has 0 radical (unpaired) electrons. The number of carbonyl (C=O) groups is 1. The predicted octanol–water partition coefficient (Wildman–Crippen LogP) is 3.98. The van der Waals surface area contributed by atoms with Gasteiger partial charge in [-0.15, -0.1) is 0 Å². The number of aromatic nitrogens is 2. The Morgan fingerprint density at radius 1 is 1.11 bits per heavy atom. The number of primary amides is 1. The number of anilines is 2. The van der Waals surface area contributed by atoms with Gasteiger partial charge in [0.05, 0.1) is 12.3 Å². The van der Waals surface area contributed by atoms with E-state index >= 15 is 0 Å². The summed E-state index contributed by atoms with van der Waals surface area (Å²) < 4.78 is 27.3. The van der Waals surface area contributed by atoms with Gasteiger partial charge in [0, 0.05) is 64.5 Å². The average Bonchev–Trinajstić information content (AvgIpc) is 3.07. The smallest absolute Gasteiger partial charge is 0.274 e. The number of fused-ring (bicyclic) bond motifs is 2.